The highest BCUT2D eigenvalue weighted by Gasteiger charge is 2.43. The van der Waals surface area contributed by atoms with E-state index in [1.165, 1.54) is 9.80 Å². The minimum Gasteiger partial charge on any atom is -0.391 e. The molecule has 5 atom stereocenters. The molecular weight excluding hydrogens is 514 g/mol. The number of carbonyl (C=O) groups is 5. The van der Waals surface area contributed by atoms with Crippen LogP contribution in [0.4, 0.5) is 0 Å². The van der Waals surface area contributed by atoms with Gasteiger partial charge >= 0.3 is 0 Å². The van der Waals surface area contributed by atoms with Crippen LogP contribution in [0, 0.1) is 11.8 Å². The summed E-state index contributed by atoms with van der Waals surface area (Å²) in [5, 5.41) is 18.9. The minimum atomic E-state index is -0.987. The standard InChI is InChI=1S/C29H41N5O6/c1-3-18(2)25-29(40)34-16-21(35)15-23(34)27(38)31-22(14-19-8-5-4-6-9-19)26(37)30-12-13-33(17-24(36)32-25)28(39)20-10-7-11-20/h4-6,8-9,18,20-23,25,35H,3,7,10-17H2,1-2H3,(H,30,37)(H,31,38)(H,32,36)/t18-,21+,22-,23-,25-/m0/s1. The quantitative estimate of drug-likeness (QED) is 0.401. The van der Waals surface area contributed by atoms with Crippen LogP contribution in [0.2, 0.25) is 0 Å². The second-order valence-corrected chi connectivity index (χ2v) is 11.3. The first kappa shape index (κ1) is 29.5. The van der Waals surface area contributed by atoms with Crippen LogP contribution in [-0.4, -0.2) is 94.9 Å². The number of amides is 5. The summed E-state index contributed by atoms with van der Waals surface area (Å²) in [5.41, 5.74) is 0.841. The van der Waals surface area contributed by atoms with Gasteiger partial charge in [0.05, 0.1) is 12.6 Å². The van der Waals surface area contributed by atoms with Gasteiger partial charge in [-0.1, -0.05) is 57.0 Å². The Morgan fingerprint density at radius 2 is 1.80 bits per heavy atom. The predicted octanol–water partition coefficient (Wildman–Crippen LogP) is -0.0349. The summed E-state index contributed by atoms with van der Waals surface area (Å²) in [4.78, 5) is 69.7. The Kier molecular flexibility index (Phi) is 9.78. The SMILES string of the molecule is CC[C@H](C)[C@@H]1NC(=O)CN(C(=O)C2CCC2)CCNC(=O)[C@H](Cc2ccccc2)NC(=O)[C@@H]2C[C@@H](O)CN2C1=O. The van der Waals surface area contributed by atoms with Gasteiger partial charge in [0.25, 0.3) is 0 Å². The summed E-state index contributed by atoms with van der Waals surface area (Å²) in [6.07, 6.45) is 2.42. The number of nitrogens with zero attached hydrogens (tertiary/aromatic N) is 2. The van der Waals surface area contributed by atoms with E-state index in [-0.39, 0.29) is 56.8 Å². The van der Waals surface area contributed by atoms with Crippen LogP contribution in [0.1, 0.15) is 51.5 Å². The van der Waals surface area contributed by atoms with Gasteiger partial charge in [-0.2, -0.15) is 0 Å². The number of hydrogen-bond acceptors (Lipinski definition) is 6. The lowest BCUT2D eigenvalue weighted by Crippen LogP contribution is -2.58. The highest BCUT2D eigenvalue weighted by molar-refractivity contribution is 5.95. The molecule has 0 radical (unpaired) electrons. The van der Waals surface area contributed by atoms with Crippen LogP contribution in [0.15, 0.2) is 30.3 Å². The van der Waals surface area contributed by atoms with Gasteiger partial charge in [0.15, 0.2) is 0 Å². The molecule has 1 aromatic carbocycles. The largest absolute Gasteiger partial charge is 0.391 e. The molecule has 2 aliphatic heterocycles. The number of nitrogens with one attached hydrogen (secondary N) is 3. The third-order valence-corrected chi connectivity index (χ3v) is 8.36. The molecule has 40 heavy (non-hydrogen) atoms. The van der Waals surface area contributed by atoms with Crippen molar-refractivity contribution >= 4 is 29.5 Å². The molecule has 2 saturated heterocycles. The van der Waals surface area contributed by atoms with Gasteiger partial charge in [-0.25, -0.2) is 0 Å². The molecule has 218 valence electrons. The van der Waals surface area contributed by atoms with Gasteiger partial charge in [0.1, 0.15) is 18.1 Å². The lowest BCUT2D eigenvalue weighted by Gasteiger charge is -2.33. The van der Waals surface area contributed by atoms with E-state index in [4.69, 9.17) is 0 Å². The monoisotopic (exact) mass is 555 g/mol. The topological polar surface area (TPSA) is 148 Å². The molecule has 2 heterocycles. The number of aliphatic hydroxyl groups excluding tert-OH is 1. The fourth-order valence-corrected chi connectivity index (χ4v) is 5.50. The number of fused-ring (bicyclic) bond motifs is 1. The summed E-state index contributed by atoms with van der Waals surface area (Å²) in [5.74, 6) is -2.44. The molecule has 3 fully saturated rings. The van der Waals surface area contributed by atoms with Crippen molar-refractivity contribution in [1.29, 1.82) is 0 Å². The van der Waals surface area contributed by atoms with E-state index in [9.17, 15) is 29.1 Å². The summed E-state index contributed by atoms with van der Waals surface area (Å²) < 4.78 is 0. The van der Waals surface area contributed by atoms with Crippen molar-refractivity contribution in [2.75, 3.05) is 26.2 Å². The van der Waals surface area contributed by atoms with Gasteiger partial charge in [0.2, 0.25) is 29.5 Å². The van der Waals surface area contributed by atoms with Crippen LogP contribution < -0.4 is 16.0 Å². The maximum absolute atomic E-state index is 13.8. The molecule has 0 spiro atoms. The zero-order valence-electron chi connectivity index (χ0n) is 23.3. The molecule has 0 unspecified atom stereocenters. The number of rotatable bonds is 5. The molecule has 5 amide bonds. The highest BCUT2D eigenvalue weighted by Crippen LogP contribution is 2.28. The normalized spacial score (nSPS) is 27.9. The molecule has 0 aromatic heterocycles. The summed E-state index contributed by atoms with van der Waals surface area (Å²) in [7, 11) is 0. The van der Waals surface area contributed by atoms with E-state index in [1.807, 2.05) is 44.2 Å². The lowest BCUT2D eigenvalue weighted by molar-refractivity contribution is -0.144. The van der Waals surface area contributed by atoms with Crippen molar-refractivity contribution in [3.63, 3.8) is 0 Å². The van der Waals surface area contributed by atoms with Gasteiger partial charge < -0.3 is 30.9 Å². The molecule has 0 bridgehead atoms. The first-order valence-electron chi connectivity index (χ1n) is 14.4. The zero-order chi connectivity index (χ0) is 28.8. The second-order valence-electron chi connectivity index (χ2n) is 11.3. The second kappa shape index (κ2) is 13.3. The fourth-order valence-electron chi connectivity index (χ4n) is 5.50. The number of aliphatic hydroxyl groups is 1. The van der Waals surface area contributed by atoms with Crippen molar-refractivity contribution in [2.45, 2.75) is 76.6 Å². The van der Waals surface area contributed by atoms with Gasteiger partial charge in [0, 0.05) is 38.4 Å². The van der Waals surface area contributed by atoms with Gasteiger partial charge in [-0.05, 0) is 24.3 Å². The van der Waals surface area contributed by atoms with Gasteiger partial charge in [-0.15, -0.1) is 0 Å². The molecule has 3 aliphatic rings. The summed E-state index contributed by atoms with van der Waals surface area (Å²) in [6, 6.07) is 6.42. The zero-order valence-corrected chi connectivity index (χ0v) is 23.3. The summed E-state index contributed by atoms with van der Waals surface area (Å²) >= 11 is 0. The fraction of sp³-hybridized carbons (Fsp3) is 0.621. The molecule has 11 heteroatoms. The van der Waals surface area contributed by atoms with Crippen LogP contribution >= 0.6 is 0 Å². The number of carbonyl (C=O) groups excluding carboxylic acids is 5. The molecule has 1 saturated carbocycles. The lowest BCUT2D eigenvalue weighted by atomic mass is 9.84. The molecule has 1 aliphatic carbocycles. The molecule has 4 N–H and O–H groups in total. The Balaban J connectivity index is 1.64. The Bertz CT molecular complexity index is 1090. The van der Waals surface area contributed by atoms with Crippen molar-refractivity contribution in [3.8, 4) is 0 Å². The van der Waals surface area contributed by atoms with E-state index >= 15 is 0 Å². The van der Waals surface area contributed by atoms with Crippen LogP contribution in [-0.2, 0) is 30.4 Å². The maximum Gasteiger partial charge on any atom is 0.246 e. The van der Waals surface area contributed by atoms with E-state index in [2.05, 4.69) is 16.0 Å². The average Bonchev–Trinajstić information content (AvgIpc) is 3.30. The third-order valence-electron chi connectivity index (χ3n) is 8.36. The van der Waals surface area contributed by atoms with Crippen molar-refractivity contribution in [1.82, 2.24) is 25.8 Å². The highest BCUT2D eigenvalue weighted by atomic mass is 16.3. The molecule has 1 aromatic rings. The maximum atomic E-state index is 13.8. The predicted molar refractivity (Wildman–Crippen MR) is 147 cm³/mol. The number of benzene rings is 1. The van der Waals surface area contributed by atoms with Crippen molar-refractivity contribution in [2.24, 2.45) is 11.8 Å². The summed E-state index contributed by atoms with van der Waals surface area (Å²) in [6.45, 7) is 3.69. The Morgan fingerprint density at radius 3 is 2.45 bits per heavy atom. The molecule has 11 nitrogen and oxygen atoms in total. The minimum absolute atomic E-state index is 0.0299. The van der Waals surface area contributed by atoms with E-state index in [0.717, 1.165) is 24.8 Å². The smallest absolute Gasteiger partial charge is 0.246 e. The molecule has 4 rings (SSSR count). The average molecular weight is 556 g/mol. The first-order valence-corrected chi connectivity index (χ1v) is 14.4. The Labute approximate surface area is 235 Å². The first-order chi connectivity index (χ1) is 19.2. The Hall–Kier alpha value is -3.47. The van der Waals surface area contributed by atoms with Crippen LogP contribution in [0.5, 0.6) is 0 Å². The van der Waals surface area contributed by atoms with Crippen molar-refractivity contribution in [3.05, 3.63) is 35.9 Å². The van der Waals surface area contributed by atoms with E-state index in [1.54, 1.807) is 0 Å². The van der Waals surface area contributed by atoms with Crippen molar-refractivity contribution < 1.29 is 29.1 Å². The Morgan fingerprint density at radius 1 is 1.07 bits per heavy atom. The van der Waals surface area contributed by atoms with Gasteiger partial charge in [-0.3, -0.25) is 24.0 Å². The van der Waals surface area contributed by atoms with E-state index in [0.29, 0.717) is 6.42 Å². The van der Waals surface area contributed by atoms with E-state index < -0.39 is 47.9 Å². The third kappa shape index (κ3) is 6.99. The number of hydrogen-bond donors (Lipinski definition) is 4. The van der Waals surface area contributed by atoms with Crippen LogP contribution in [0.3, 0.4) is 0 Å². The molecular formula is C29H41N5O6. The van der Waals surface area contributed by atoms with Crippen LogP contribution in [0.25, 0.3) is 0 Å².